The number of rotatable bonds is 7. The van der Waals surface area contributed by atoms with E-state index in [1.165, 1.54) is 7.11 Å². The first-order valence-corrected chi connectivity index (χ1v) is 10.7. The summed E-state index contributed by atoms with van der Waals surface area (Å²) in [5, 5.41) is 0. The minimum absolute atomic E-state index is 0.177. The van der Waals surface area contributed by atoms with E-state index in [9.17, 15) is 8.42 Å². The second-order valence-corrected chi connectivity index (χ2v) is 9.33. The van der Waals surface area contributed by atoms with Crippen molar-refractivity contribution in [1.29, 1.82) is 0 Å². The first kappa shape index (κ1) is 21.2. The Morgan fingerprint density at radius 1 is 1.12 bits per heavy atom. The van der Waals surface area contributed by atoms with Gasteiger partial charge in [-0.2, -0.15) is 0 Å². The lowest BCUT2D eigenvalue weighted by Gasteiger charge is -2.39. The second kappa shape index (κ2) is 8.69. The molecule has 0 saturated carbocycles. The molecule has 1 aromatic rings. The van der Waals surface area contributed by atoms with Crippen molar-refractivity contribution in [3.63, 3.8) is 0 Å². The third-order valence-corrected chi connectivity index (χ3v) is 6.77. The van der Waals surface area contributed by atoms with Crippen LogP contribution in [0.15, 0.2) is 17.0 Å². The Kier molecular flexibility index (Phi) is 7.07. The van der Waals surface area contributed by atoms with Crippen LogP contribution < -0.4 is 9.46 Å². The van der Waals surface area contributed by atoms with E-state index in [2.05, 4.69) is 35.4 Å². The third kappa shape index (κ3) is 4.97. The number of piperazine rings is 1. The summed E-state index contributed by atoms with van der Waals surface area (Å²) in [6, 6.07) is 3.65. The number of methoxy groups -OCH3 is 1. The molecule has 1 N–H and O–H groups in total. The Labute approximate surface area is 158 Å². The Morgan fingerprint density at radius 3 is 2.23 bits per heavy atom. The molecule has 0 radical (unpaired) electrons. The molecule has 1 aliphatic rings. The summed E-state index contributed by atoms with van der Waals surface area (Å²) in [4.78, 5) is 4.91. The molecule has 1 saturated heterocycles. The fraction of sp³-hybridized carbons (Fsp3) is 0.684. The van der Waals surface area contributed by atoms with Gasteiger partial charge in [0.1, 0.15) is 10.6 Å². The summed E-state index contributed by atoms with van der Waals surface area (Å²) >= 11 is 0. The van der Waals surface area contributed by atoms with Crippen molar-refractivity contribution >= 4 is 10.0 Å². The van der Waals surface area contributed by atoms with Crippen LogP contribution in [0.3, 0.4) is 0 Å². The van der Waals surface area contributed by atoms with Crippen LogP contribution >= 0.6 is 0 Å². The summed E-state index contributed by atoms with van der Waals surface area (Å²) in [7, 11) is -0.00669. The van der Waals surface area contributed by atoms with Crippen molar-refractivity contribution in [2.24, 2.45) is 5.92 Å². The zero-order valence-electron chi connectivity index (χ0n) is 16.9. The van der Waals surface area contributed by atoms with Gasteiger partial charge < -0.3 is 9.64 Å². The molecule has 6 nitrogen and oxygen atoms in total. The van der Waals surface area contributed by atoms with Crippen molar-refractivity contribution in [1.82, 2.24) is 14.5 Å². The van der Waals surface area contributed by atoms with Gasteiger partial charge in [0, 0.05) is 38.8 Å². The van der Waals surface area contributed by atoms with Gasteiger partial charge >= 0.3 is 0 Å². The standard InChI is InChI=1S/C19H33N3O3S/c1-14(2)17(22-9-7-21(5)8-10-22)13-20-26(23,24)19-12-16(4)15(3)11-18(19)25-6/h11-12,14,17,20H,7-10,13H2,1-6H3. The Hall–Kier alpha value is -1.15. The molecule has 1 fully saturated rings. The first-order valence-electron chi connectivity index (χ1n) is 9.23. The fourth-order valence-corrected chi connectivity index (χ4v) is 4.63. The Balaban J connectivity index is 2.16. The van der Waals surface area contributed by atoms with Crippen molar-refractivity contribution in [3.8, 4) is 5.75 Å². The van der Waals surface area contributed by atoms with Gasteiger partial charge in [0.05, 0.1) is 7.11 Å². The van der Waals surface area contributed by atoms with E-state index in [1.807, 2.05) is 13.8 Å². The average molecular weight is 384 g/mol. The molecule has 0 aliphatic carbocycles. The molecular weight excluding hydrogens is 350 g/mol. The maximum Gasteiger partial charge on any atom is 0.244 e. The molecular formula is C19H33N3O3S. The maximum absolute atomic E-state index is 12.9. The minimum Gasteiger partial charge on any atom is -0.495 e. The SMILES string of the molecule is COc1cc(C)c(C)cc1S(=O)(=O)NCC(C(C)C)N1CCN(C)CC1. The number of nitrogens with one attached hydrogen (secondary N) is 1. The molecule has 148 valence electrons. The van der Waals surface area contributed by atoms with Crippen LogP contribution in [-0.4, -0.2) is 71.1 Å². The molecule has 1 heterocycles. The van der Waals surface area contributed by atoms with Gasteiger partial charge in [0.15, 0.2) is 0 Å². The molecule has 1 aromatic carbocycles. The van der Waals surface area contributed by atoms with Crippen molar-refractivity contribution in [2.45, 2.75) is 38.6 Å². The van der Waals surface area contributed by atoms with Crippen molar-refractivity contribution in [3.05, 3.63) is 23.3 Å². The van der Waals surface area contributed by atoms with Crippen LogP contribution in [0.5, 0.6) is 5.75 Å². The quantitative estimate of drug-likeness (QED) is 0.779. The molecule has 0 bridgehead atoms. The minimum atomic E-state index is -3.63. The lowest BCUT2D eigenvalue weighted by Crippen LogP contribution is -2.54. The van der Waals surface area contributed by atoms with Gasteiger partial charge in [-0.3, -0.25) is 4.90 Å². The Morgan fingerprint density at radius 2 is 1.69 bits per heavy atom. The highest BCUT2D eigenvalue weighted by atomic mass is 32.2. The lowest BCUT2D eigenvalue weighted by molar-refractivity contribution is 0.0905. The van der Waals surface area contributed by atoms with Crippen LogP contribution in [0, 0.1) is 19.8 Å². The van der Waals surface area contributed by atoms with Crippen LogP contribution in [0.4, 0.5) is 0 Å². The maximum atomic E-state index is 12.9. The van der Waals surface area contributed by atoms with E-state index in [0.717, 1.165) is 37.3 Å². The molecule has 2 rings (SSSR count). The number of ether oxygens (including phenoxy) is 1. The van der Waals surface area contributed by atoms with Gasteiger partial charge in [0.2, 0.25) is 10.0 Å². The Bertz CT molecular complexity index is 711. The molecule has 1 atom stereocenters. The number of hydrogen-bond donors (Lipinski definition) is 1. The van der Waals surface area contributed by atoms with E-state index in [4.69, 9.17) is 4.74 Å². The molecule has 0 spiro atoms. The number of hydrogen-bond acceptors (Lipinski definition) is 5. The predicted octanol–water partition coefficient (Wildman–Crippen LogP) is 1.86. The van der Waals surface area contributed by atoms with Crippen LogP contribution in [0.2, 0.25) is 0 Å². The molecule has 26 heavy (non-hydrogen) atoms. The van der Waals surface area contributed by atoms with Gasteiger partial charge in [-0.15, -0.1) is 0 Å². The van der Waals surface area contributed by atoms with E-state index >= 15 is 0 Å². The van der Waals surface area contributed by atoms with Gasteiger partial charge in [-0.05, 0) is 50.1 Å². The topological polar surface area (TPSA) is 61.9 Å². The van der Waals surface area contributed by atoms with Crippen molar-refractivity contribution < 1.29 is 13.2 Å². The number of aryl methyl sites for hydroxylation is 2. The zero-order valence-corrected chi connectivity index (χ0v) is 17.7. The van der Waals surface area contributed by atoms with Crippen LogP contribution in [0.25, 0.3) is 0 Å². The highest BCUT2D eigenvalue weighted by molar-refractivity contribution is 7.89. The summed E-state index contributed by atoms with van der Waals surface area (Å²) in [6.07, 6.45) is 0. The first-order chi connectivity index (χ1) is 12.2. The number of benzene rings is 1. The largest absolute Gasteiger partial charge is 0.495 e. The molecule has 0 aromatic heterocycles. The number of likely N-dealkylation sites (N-methyl/N-ethyl adjacent to an activating group) is 1. The normalized spacial score (nSPS) is 18.3. The smallest absolute Gasteiger partial charge is 0.244 e. The highest BCUT2D eigenvalue weighted by Crippen LogP contribution is 2.27. The second-order valence-electron chi connectivity index (χ2n) is 7.59. The highest BCUT2D eigenvalue weighted by Gasteiger charge is 2.28. The van der Waals surface area contributed by atoms with Crippen LogP contribution in [-0.2, 0) is 10.0 Å². The summed E-state index contributed by atoms with van der Waals surface area (Å²) in [6.45, 7) is 12.5. The van der Waals surface area contributed by atoms with E-state index in [-0.39, 0.29) is 10.9 Å². The number of nitrogens with zero attached hydrogens (tertiary/aromatic N) is 2. The van der Waals surface area contributed by atoms with Gasteiger partial charge in [0.25, 0.3) is 0 Å². The molecule has 1 unspecified atom stereocenters. The average Bonchev–Trinajstić information content (AvgIpc) is 2.58. The van der Waals surface area contributed by atoms with Crippen molar-refractivity contribution in [2.75, 3.05) is 46.9 Å². The summed E-state index contributed by atoms with van der Waals surface area (Å²) in [5.74, 6) is 0.754. The zero-order chi connectivity index (χ0) is 19.5. The lowest BCUT2D eigenvalue weighted by atomic mass is 10.0. The fourth-order valence-electron chi connectivity index (χ4n) is 3.35. The van der Waals surface area contributed by atoms with E-state index in [0.29, 0.717) is 18.2 Å². The summed E-state index contributed by atoms with van der Waals surface area (Å²) in [5.41, 5.74) is 1.95. The van der Waals surface area contributed by atoms with Gasteiger partial charge in [-0.1, -0.05) is 13.8 Å². The van der Waals surface area contributed by atoms with Crippen LogP contribution in [0.1, 0.15) is 25.0 Å². The third-order valence-electron chi connectivity index (χ3n) is 5.33. The molecule has 0 amide bonds. The summed E-state index contributed by atoms with van der Waals surface area (Å²) < 4.78 is 34.0. The molecule has 7 heteroatoms. The van der Waals surface area contributed by atoms with E-state index < -0.39 is 10.0 Å². The van der Waals surface area contributed by atoms with Gasteiger partial charge in [-0.25, -0.2) is 13.1 Å². The monoisotopic (exact) mass is 383 g/mol. The predicted molar refractivity (Wildman–Crippen MR) is 105 cm³/mol. The number of sulfonamides is 1. The molecule has 1 aliphatic heterocycles. The van der Waals surface area contributed by atoms with E-state index in [1.54, 1.807) is 12.1 Å².